The van der Waals surface area contributed by atoms with E-state index in [9.17, 15) is 0 Å². The molecule has 0 aliphatic heterocycles. The van der Waals surface area contributed by atoms with Crippen molar-refractivity contribution in [2.24, 2.45) is 7.05 Å². The molecule has 1 N–H and O–H groups in total. The van der Waals surface area contributed by atoms with Crippen LogP contribution in [0.2, 0.25) is 0 Å². The Morgan fingerprint density at radius 2 is 1.83 bits per heavy atom. The zero-order valence-electron chi connectivity index (χ0n) is 13.8. The first-order chi connectivity index (χ1) is 11.2. The van der Waals surface area contributed by atoms with E-state index in [1.54, 1.807) is 4.68 Å². The van der Waals surface area contributed by atoms with E-state index in [1.165, 1.54) is 5.56 Å². The third-order valence-electron chi connectivity index (χ3n) is 3.93. The first-order valence-corrected chi connectivity index (χ1v) is 7.95. The van der Waals surface area contributed by atoms with E-state index < -0.39 is 0 Å². The lowest BCUT2D eigenvalue weighted by molar-refractivity contribution is 0.776. The molecule has 0 fully saturated rings. The standard InChI is InChI=1S/C17H22N6/c1-4-23(5-2)17-20-15(14-12-19-22(3)16(14)21-17)18-11-13-9-7-6-8-10-13/h6-10,12H,4-5,11H2,1-3H3,(H,18,20,21). The molecule has 0 atom stereocenters. The van der Waals surface area contributed by atoms with Crippen molar-refractivity contribution in [2.75, 3.05) is 23.3 Å². The molecule has 2 aromatic heterocycles. The van der Waals surface area contributed by atoms with Gasteiger partial charge in [0, 0.05) is 26.7 Å². The maximum Gasteiger partial charge on any atom is 0.229 e. The molecule has 0 radical (unpaired) electrons. The fraction of sp³-hybridized carbons (Fsp3) is 0.353. The highest BCUT2D eigenvalue weighted by Gasteiger charge is 2.14. The number of fused-ring (bicyclic) bond motifs is 1. The van der Waals surface area contributed by atoms with E-state index in [2.05, 4.69) is 46.3 Å². The van der Waals surface area contributed by atoms with Gasteiger partial charge in [-0.3, -0.25) is 4.68 Å². The largest absolute Gasteiger partial charge is 0.365 e. The molecule has 6 heteroatoms. The average Bonchev–Trinajstić information content (AvgIpc) is 2.96. The summed E-state index contributed by atoms with van der Waals surface area (Å²) in [5.41, 5.74) is 2.06. The van der Waals surface area contributed by atoms with Crippen LogP contribution in [0.1, 0.15) is 19.4 Å². The van der Waals surface area contributed by atoms with Gasteiger partial charge >= 0.3 is 0 Å². The fourth-order valence-corrected chi connectivity index (χ4v) is 2.57. The van der Waals surface area contributed by atoms with Crippen molar-refractivity contribution >= 4 is 22.8 Å². The van der Waals surface area contributed by atoms with Crippen LogP contribution < -0.4 is 10.2 Å². The van der Waals surface area contributed by atoms with Gasteiger partial charge in [-0.05, 0) is 19.4 Å². The fourth-order valence-electron chi connectivity index (χ4n) is 2.57. The summed E-state index contributed by atoms with van der Waals surface area (Å²) >= 11 is 0. The second kappa shape index (κ2) is 6.64. The SMILES string of the molecule is CCN(CC)c1nc(NCc2ccccc2)c2cnn(C)c2n1. The highest BCUT2D eigenvalue weighted by molar-refractivity contribution is 5.87. The van der Waals surface area contributed by atoms with E-state index in [0.29, 0.717) is 0 Å². The smallest absolute Gasteiger partial charge is 0.229 e. The Morgan fingerprint density at radius 1 is 1.09 bits per heavy atom. The third kappa shape index (κ3) is 3.11. The molecule has 0 unspecified atom stereocenters. The third-order valence-corrected chi connectivity index (χ3v) is 3.93. The molecular formula is C17H22N6. The van der Waals surface area contributed by atoms with Crippen LogP contribution in [0.15, 0.2) is 36.5 Å². The molecule has 0 saturated carbocycles. The number of benzene rings is 1. The zero-order chi connectivity index (χ0) is 16.2. The Kier molecular flexibility index (Phi) is 4.41. The number of aryl methyl sites for hydroxylation is 1. The van der Waals surface area contributed by atoms with Gasteiger partial charge in [0.05, 0.1) is 11.6 Å². The molecule has 120 valence electrons. The van der Waals surface area contributed by atoms with Crippen LogP contribution >= 0.6 is 0 Å². The van der Waals surface area contributed by atoms with Crippen LogP contribution in [0.25, 0.3) is 11.0 Å². The zero-order valence-corrected chi connectivity index (χ0v) is 13.8. The van der Waals surface area contributed by atoms with Crippen molar-refractivity contribution in [1.29, 1.82) is 0 Å². The van der Waals surface area contributed by atoms with Crippen molar-refractivity contribution in [1.82, 2.24) is 19.7 Å². The Bertz CT molecular complexity index is 776. The maximum absolute atomic E-state index is 4.72. The van der Waals surface area contributed by atoms with Gasteiger partial charge in [0.15, 0.2) is 5.65 Å². The minimum Gasteiger partial charge on any atom is -0.365 e. The van der Waals surface area contributed by atoms with Gasteiger partial charge in [0.25, 0.3) is 0 Å². The summed E-state index contributed by atoms with van der Waals surface area (Å²) in [6, 6.07) is 10.3. The lowest BCUT2D eigenvalue weighted by Crippen LogP contribution is -2.24. The molecule has 1 aromatic carbocycles. The van der Waals surface area contributed by atoms with E-state index in [0.717, 1.165) is 42.4 Å². The van der Waals surface area contributed by atoms with E-state index >= 15 is 0 Å². The van der Waals surface area contributed by atoms with Gasteiger partial charge in [-0.1, -0.05) is 30.3 Å². The van der Waals surface area contributed by atoms with Crippen molar-refractivity contribution in [2.45, 2.75) is 20.4 Å². The molecule has 0 aliphatic rings. The molecule has 2 heterocycles. The summed E-state index contributed by atoms with van der Waals surface area (Å²) in [4.78, 5) is 11.5. The number of hydrogen-bond acceptors (Lipinski definition) is 5. The summed E-state index contributed by atoms with van der Waals surface area (Å²) in [5, 5.41) is 8.69. The first kappa shape index (κ1) is 15.3. The van der Waals surface area contributed by atoms with Crippen LogP contribution in [0.4, 0.5) is 11.8 Å². The predicted molar refractivity (Wildman–Crippen MR) is 93.6 cm³/mol. The number of hydrogen-bond donors (Lipinski definition) is 1. The summed E-state index contributed by atoms with van der Waals surface area (Å²) in [7, 11) is 1.91. The lowest BCUT2D eigenvalue weighted by Gasteiger charge is -2.19. The van der Waals surface area contributed by atoms with Crippen LogP contribution in [0, 0.1) is 0 Å². The van der Waals surface area contributed by atoms with Crippen molar-refractivity contribution in [3.05, 3.63) is 42.1 Å². The van der Waals surface area contributed by atoms with Gasteiger partial charge in [0.2, 0.25) is 5.95 Å². The van der Waals surface area contributed by atoms with Gasteiger partial charge in [-0.15, -0.1) is 0 Å². The monoisotopic (exact) mass is 310 g/mol. The second-order valence-corrected chi connectivity index (χ2v) is 5.39. The van der Waals surface area contributed by atoms with E-state index in [-0.39, 0.29) is 0 Å². The number of anilines is 2. The molecule has 23 heavy (non-hydrogen) atoms. The Hall–Kier alpha value is -2.63. The predicted octanol–water partition coefficient (Wildman–Crippen LogP) is 2.82. The summed E-state index contributed by atoms with van der Waals surface area (Å²) in [5.74, 6) is 1.57. The second-order valence-electron chi connectivity index (χ2n) is 5.39. The quantitative estimate of drug-likeness (QED) is 0.758. The van der Waals surface area contributed by atoms with Crippen LogP contribution in [-0.4, -0.2) is 32.8 Å². The average molecular weight is 310 g/mol. The van der Waals surface area contributed by atoms with Gasteiger partial charge < -0.3 is 10.2 Å². The molecule has 3 rings (SSSR count). The van der Waals surface area contributed by atoms with Crippen LogP contribution in [0.3, 0.4) is 0 Å². The topological polar surface area (TPSA) is 58.9 Å². The van der Waals surface area contributed by atoms with Gasteiger partial charge in [-0.25, -0.2) is 0 Å². The minimum atomic E-state index is 0.722. The van der Waals surface area contributed by atoms with Crippen LogP contribution in [0.5, 0.6) is 0 Å². The van der Waals surface area contributed by atoms with Crippen LogP contribution in [-0.2, 0) is 13.6 Å². The van der Waals surface area contributed by atoms with Crippen molar-refractivity contribution in [3.8, 4) is 0 Å². The molecule has 0 amide bonds. The minimum absolute atomic E-state index is 0.722. The van der Waals surface area contributed by atoms with Gasteiger partial charge in [-0.2, -0.15) is 15.1 Å². The molecule has 3 aromatic rings. The highest BCUT2D eigenvalue weighted by Crippen LogP contribution is 2.23. The first-order valence-electron chi connectivity index (χ1n) is 7.95. The normalized spacial score (nSPS) is 10.9. The van der Waals surface area contributed by atoms with Gasteiger partial charge in [0.1, 0.15) is 5.82 Å². The molecule has 0 aliphatic carbocycles. The molecular weight excluding hydrogens is 288 g/mol. The summed E-state index contributed by atoms with van der Waals surface area (Å²) in [6.07, 6.45) is 1.81. The molecule has 6 nitrogen and oxygen atoms in total. The number of aromatic nitrogens is 4. The van der Waals surface area contributed by atoms with Crippen molar-refractivity contribution < 1.29 is 0 Å². The van der Waals surface area contributed by atoms with E-state index in [1.807, 2.05) is 31.4 Å². The molecule has 0 spiro atoms. The number of rotatable bonds is 6. The lowest BCUT2D eigenvalue weighted by atomic mass is 10.2. The summed E-state index contributed by atoms with van der Waals surface area (Å²) < 4.78 is 1.79. The number of nitrogens with zero attached hydrogens (tertiary/aromatic N) is 5. The molecule has 0 bridgehead atoms. The highest BCUT2D eigenvalue weighted by atomic mass is 15.3. The number of nitrogens with one attached hydrogen (secondary N) is 1. The Balaban J connectivity index is 1.97. The van der Waals surface area contributed by atoms with E-state index in [4.69, 9.17) is 4.98 Å². The molecule has 0 saturated heterocycles. The Morgan fingerprint density at radius 3 is 2.52 bits per heavy atom. The summed E-state index contributed by atoms with van der Waals surface area (Å²) in [6.45, 7) is 6.68. The maximum atomic E-state index is 4.72. The Labute approximate surface area is 136 Å². The van der Waals surface area contributed by atoms with Crippen molar-refractivity contribution in [3.63, 3.8) is 0 Å².